The molecule has 6 nitrogen and oxygen atoms in total. The quantitative estimate of drug-likeness (QED) is 0.507. The Morgan fingerprint density at radius 2 is 1.75 bits per heavy atom. The van der Waals surface area contributed by atoms with Gasteiger partial charge in [-0.3, -0.25) is 0 Å². The van der Waals surface area contributed by atoms with Gasteiger partial charge in [0.25, 0.3) is 0 Å². The van der Waals surface area contributed by atoms with Crippen molar-refractivity contribution in [2.45, 2.75) is 25.3 Å². The molecular formula is C14H32N6. The maximum Gasteiger partial charge on any atom is 0.0270 e. The van der Waals surface area contributed by atoms with Crippen molar-refractivity contribution in [3.63, 3.8) is 0 Å². The SMILES string of the molecule is NCCC1CNCCN(N2CCNCCC2CCN)C1. The fraction of sp³-hybridized carbons (Fsp3) is 1.00. The lowest BCUT2D eigenvalue weighted by molar-refractivity contribution is -0.0612. The normalized spacial score (nSPS) is 30.9. The highest BCUT2D eigenvalue weighted by Crippen LogP contribution is 2.17. The number of hydrazine groups is 1. The van der Waals surface area contributed by atoms with Crippen molar-refractivity contribution >= 4 is 0 Å². The molecule has 2 aliphatic heterocycles. The van der Waals surface area contributed by atoms with Gasteiger partial charge in [0.2, 0.25) is 0 Å². The summed E-state index contributed by atoms with van der Waals surface area (Å²) in [7, 11) is 0. The molecule has 2 unspecified atom stereocenters. The van der Waals surface area contributed by atoms with Crippen LogP contribution in [0.3, 0.4) is 0 Å². The van der Waals surface area contributed by atoms with E-state index in [1.165, 1.54) is 6.42 Å². The Morgan fingerprint density at radius 1 is 0.950 bits per heavy atom. The molecule has 0 aliphatic carbocycles. The van der Waals surface area contributed by atoms with Crippen LogP contribution >= 0.6 is 0 Å². The van der Waals surface area contributed by atoms with Gasteiger partial charge in [-0.25, -0.2) is 10.0 Å². The molecule has 20 heavy (non-hydrogen) atoms. The zero-order valence-electron chi connectivity index (χ0n) is 12.7. The topological polar surface area (TPSA) is 82.6 Å². The van der Waals surface area contributed by atoms with Crippen LogP contribution in [0.1, 0.15) is 19.3 Å². The minimum Gasteiger partial charge on any atom is -0.330 e. The van der Waals surface area contributed by atoms with E-state index in [2.05, 4.69) is 20.7 Å². The van der Waals surface area contributed by atoms with Crippen LogP contribution in [0.25, 0.3) is 0 Å². The minimum absolute atomic E-state index is 0.589. The first-order valence-electron chi connectivity index (χ1n) is 8.18. The predicted molar refractivity (Wildman–Crippen MR) is 83.3 cm³/mol. The van der Waals surface area contributed by atoms with Gasteiger partial charge >= 0.3 is 0 Å². The molecular weight excluding hydrogens is 252 g/mol. The van der Waals surface area contributed by atoms with Crippen LogP contribution in [-0.4, -0.2) is 75.0 Å². The summed E-state index contributed by atoms with van der Waals surface area (Å²) in [4.78, 5) is 0. The number of nitrogens with one attached hydrogen (secondary N) is 2. The molecule has 118 valence electrons. The number of nitrogens with two attached hydrogens (primary N) is 2. The first kappa shape index (κ1) is 16.1. The summed E-state index contributed by atoms with van der Waals surface area (Å²) >= 11 is 0. The maximum absolute atomic E-state index is 5.81. The van der Waals surface area contributed by atoms with Gasteiger partial charge in [-0.05, 0) is 51.4 Å². The first-order chi connectivity index (χ1) is 9.85. The molecule has 0 spiro atoms. The summed E-state index contributed by atoms with van der Waals surface area (Å²) in [6.45, 7) is 9.24. The molecule has 2 aliphatic rings. The smallest absolute Gasteiger partial charge is 0.0270 e. The first-order valence-corrected chi connectivity index (χ1v) is 8.18. The van der Waals surface area contributed by atoms with E-state index in [0.717, 1.165) is 71.7 Å². The monoisotopic (exact) mass is 284 g/mol. The van der Waals surface area contributed by atoms with Crippen LogP contribution in [0, 0.1) is 5.92 Å². The Labute approximate surface area is 123 Å². The lowest BCUT2D eigenvalue weighted by atomic mass is 10.1. The summed E-state index contributed by atoms with van der Waals surface area (Å²) in [5, 5.41) is 12.2. The molecule has 2 rings (SSSR count). The molecule has 0 amide bonds. The molecule has 2 saturated heterocycles. The average Bonchev–Trinajstić information content (AvgIpc) is 2.80. The van der Waals surface area contributed by atoms with E-state index in [4.69, 9.17) is 11.5 Å². The van der Waals surface area contributed by atoms with Crippen molar-refractivity contribution < 1.29 is 0 Å². The third-order valence-corrected chi connectivity index (χ3v) is 4.48. The second-order valence-electron chi connectivity index (χ2n) is 5.99. The number of rotatable bonds is 5. The molecule has 2 atom stereocenters. The Kier molecular flexibility index (Phi) is 7.19. The zero-order valence-corrected chi connectivity index (χ0v) is 12.7. The van der Waals surface area contributed by atoms with Gasteiger partial charge in [0.05, 0.1) is 0 Å². The molecule has 0 saturated carbocycles. The standard InChI is InChI=1S/C14H32N6/c15-4-1-13-11-18-7-9-19(12-13)20-10-8-17-6-3-14(20)2-5-16/h13-14,17-18H,1-12,15-16H2. The Bertz CT molecular complexity index is 262. The van der Waals surface area contributed by atoms with Crippen LogP contribution in [0.15, 0.2) is 0 Å². The van der Waals surface area contributed by atoms with Crippen LogP contribution in [-0.2, 0) is 0 Å². The van der Waals surface area contributed by atoms with Gasteiger partial charge in [-0.15, -0.1) is 0 Å². The molecule has 0 aromatic carbocycles. The second-order valence-corrected chi connectivity index (χ2v) is 5.99. The van der Waals surface area contributed by atoms with Crippen molar-refractivity contribution in [3.05, 3.63) is 0 Å². The Balaban J connectivity index is 1.99. The third-order valence-electron chi connectivity index (χ3n) is 4.48. The highest BCUT2D eigenvalue weighted by atomic mass is 15.6. The Morgan fingerprint density at radius 3 is 2.55 bits per heavy atom. The van der Waals surface area contributed by atoms with Gasteiger partial charge in [-0.1, -0.05) is 0 Å². The van der Waals surface area contributed by atoms with Crippen molar-refractivity contribution in [1.82, 2.24) is 20.7 Å². The van der Waals surface area contributed by atoms with Gasteiger partial charge in [-0.2, -0.15) is 0 Å². The van der Waals surface area contributed by atoms with Crippen molar-refractivity contribution in [2.75, 3.05) is 58.9 Å². The highest BCUT2D eigenvalue weighted by Gasteiger charge is 2.28. The highest BCUT2D eigenvalue weighted by molar-refractivity contribution is 4.80. The zero-order chi connectivity index (χ0) is 14.2. The van der Waals surface area contributed by atoms with Crippen molar-refractivity contribution in [3.8, 4) is 0 Å². The number of hydrogen-bond acceptors (Lipinski definition) is 6. The fourth-order valence-corrected chi connectivity index (χ4v) is 3.41. The minimum atomic E-state index is 0.589. The summed E-state index contributed by atoms with van der Waals surface area (Å²) in [6.07, 6.45) is 3.40. The predicted octanol–water partition coefficient (Wildman–Crippen LogP) is -1.22. The molecule has 0 aromatic rings. The summed E-state index contributed by atoms with van der Waals surface area (Å²) in [6, 6.07) is 0.589. The summed E-state index contributed by atoms with van der Waals surface area (Å²) in [5.74, 6) is 0.664. The number of nitrogens with zero attached hydrogens (tertiary/aromatic N) is 2. The van der Waals surface area contributed by atoms with Crippen LogP contribution in [0.2, 0.25) is 0 Å². The van der Waals surface area contributed by atoms with E-state index in [1.807, 2.05) is 0 Å². The van der Waals surface area contributed by atoms with Crippen molar-refractivity contribution in [2.24, 2.45) is 17.4 Å². The second kappa shape index (κ2) is 8.92. The molecule has 2 fully saturated rings. The molecule has 6 heteroatoms. The van der Waals surface area contributed by atoms with E-state index in [1.54, 1.807) is 0 Å². The molecule has 0 bridgehead atoms. The van der Waals surface area contributed by atoms with Gasteiger partial charge in [0, 0.05) is 38.8 Å². The van der Waals surface area contributed by atoms with E-state index in [0.29, 0.717) is 12.0 Å². The maximum atomic E-state index is 5.81. The third kappa shape index (κ3) is 4.65. The van der Waals surface area contributed by atoms with E-state index >= 15 is 0 Å². The summed E-state index contributed by atoms with van der Waals surface area (Å²) < 4.78 is 0. The molecule has 0 aromatic heterocycles. The lowest BCUT2D eigenvalue weighted by Crippen LogP contribution is -2.52. The van der Waals surface area contributed by atoms with Crippen molar-refractivity contribution in [1.29, 1.82) is 0 Å². The molecule has 0 radical (unpaired) electrons. The number of hydrogen-bond donors (Lipinski definition) is 4. The van der Waals surface area contributed by atoms with Crippen LogP contribution in [0.4, 0.5) is 0 Å². The average molecular weight is 284 g/mol. The van der Waals surface area contributed by atoms with Gasteiger partial charge in [0.15, 0.2) is 0 Å². The largest absolute Gasteiger partial charge is 0.330 e. The van der Waals surface area contributed by atoms with E-state index in [9.17, 15) is 0 Å². The summed E-state index contributed by atoms with van der Waals surface area (Å²) in [5.41, 5.74) is 11.6. The Hall–Kier alpha value is -0.240. The van der Waals surface area contributed by atoms with E-state index < -0.39 is 0 Å². The van der Waals surface area contributed by atoms with Gasteiger partial charge < -0.3 is 22.1 Å². The van der Waals surface area contributed by atoms with Gasteiger partial charge in [0.1, 0.15) is 0 Å². The van der Waals surface area contributed by atoms with E-state index in [-0.39, 0.29) is 0 Å². The van der Waals surface area contributed by atoms with Crippen LogP contribution < -0.4 is 22.1 Å². The lowest BCUT2D eigenvalue weighted by Gasteiger charge is -2.40. The molecule has 2 heterocycles. The fourth-order valence-electron chi connectivity index (χ4n) is 3.41. The van der Waals surface area contributed by atoms with Crippen LogP contribution in [0.5, 0.6) is 0 Å². The molecule has 6 N–H and O–H groups in total.